The van der Waals surface area contributed by atoms with Crippen molar-refractivity contribution >= 4 is 11.9 Å². The fourth-order valence-electron chi connectivity index (χ4n) is 1.67. The first-order valence-corrected chi connectivity index (χ1v) is 5.15. The number of hydrogen-bond donors (Lipinski definition) is 1. The highest BCUT2D eigenvalue weighted by molar-refractivity contribution is 5.78. The van der Waals surface area contributed by atoms with Gasteiger partial charge in [0.15, 0.2) is 0 Å². The molecule has 1 heterocycles. The predicted molar refractivity (Wildman–Crippen MR) is 51.8 cm³/mol. The maximum Gasteiger partial charge on any atom is 0.308 e. The minimum atomic E-state index is -0.782. The maximum atomic E-state index is 11.5. The summed E-state index contributed by atoms with van der Waals surface area (Å²) in [5.41, 5.74) is 0. The summed E-state index contributed by atoms with van der Waals surface area (Å²) in [6.45, 7) is 3.05. The highest BCUT2D eigenvalue weighted by Crippen LogP contribution is 2.17. The Labute approximate surface area is 83.9 Å². The van der Waals surface area contributed by atoms with Gasteiger partial charge in [-0.15, -0.1) is 0 Å². The van der Waals surface area contributed by atoms with Crippen LogP contribution in [0.3, 0.4) is 0 Å². The van der Waals surface area contributed by atoms with Crippen LogP contribution in [0.1, 0.15) is 32.6 Å². The summed E-state index contributed by atoms with van der Waals surface area (Å²) in [6, 6.07) is 0. The van der Waals surface area contributed by atoms with Crippen molar-refractivity contribution in [2.24, 2.45) is 5.92 Å². The number of carboxylic acid groups (broad SMARTS) is 1. The number of carboxylic acids is 1. The van der Waals surface area contributed by atoms with E-state index in [0.29, 0.717) is 25.9 Å². The number of unbranched alkanes of at least 4 members (excludes halogenated alkanes) is 1. The van der Waals surface area contributed by atoms with Gasteiger partial charge in [0.25, 0.3) is 0 Å². The Morgan fingerprint density at radius 2 is 2.21 bits per heavy atom. The van der Waals surface area contributed by atoms with Gasteiger partial charge in [-0.1, -0.05) is 13.3 Å². The van der Waals surface area contributed by atoms with Crippen LogP contribution < -0.4 is 0 Å². The lowest BCUT2D eigenvalue weighted by Crippen LogP contribution is -2.29. The number of nitrogens with zero attached hydrogens (tertiary/aromatic N) is 1. The van der Waals surface area contributed by atoms with Crippen molar-refractivity contribution in [2.75, 3.05) is 13.1 Å². The van der Waals surface area contributed by atoms with Crippen molar-refractivity contribution in [3.8, 4) is 0 Å². The van der Waals surface area contributed by atoms with Gasteiger partial charge in [-0.05, 0) is 12.8 Å². The van der Waals surface area contributed by atoms with E-state index in [1.165, 1.54) is 0 Å². The van der Waals surface area contributed by atoms with Crippen LogP contribution in [0.2, 0.25) is 0 Å². The van der Waals surface area contributed by atoms with Crippen LogP contribution >= 0.6 is 0 Å². The zero-order valence-corrected chi connectivity index (χ0v) is 8.53. The third kappa shape index (κ3) is 2.72. The molecule has 0 aliphatic carbocycles. The zero-order valence-electron chi connectivity index (χ0n) is 8.53. The van der Waals surface area contributed by atoms with Crippen molar-refractivity contribution in [2.45, 2.75) is 32.6 Å². The van der Waals surface area contributed by atoms with Crippen LogP contribution in [0, 0.1) is 5.92 Å². The highest BCUT2D eigenvalue weighted by Gasteiger charge is 2.30. The summed E-state index contributed by atoms with van der Waals surface area (Å²) in [5.74, 6) is -1.02. The Bertz CT molecular complexity index is 227. The maximum absolute atomic E-state index is 11.5. The van der Waals surface area contributed by atoms with Crippen molar-refractivity contribution < 1.29 is 14.7 Å². The standard InChI is InChI=1S/C10H17NO3/c1-2-3-4-9(12)11-6-5-8(7-11)10(13)14/h8H,2-7H2,1H3,(H,13,14)/t8-/m0/s1. The van der Waals surface area contributed by atoms with E-state index in [1.54, 1.807) is 4.90 Å². The largest absolute Gasteiger partial charge is 0.481 e. The number of carbonyl (C=O) groups excluding carboxylic acids is 1. The molecule has 0 radical (unpaired) electrons. The normalized spacial score (nSPS) is 21.2. The van der Waals surface area contributed by atoms with E-state index in [0.717, 1.165) is 12.8 Å². The Morgan fingerprint density at radius 3 is 2.71 bits per heavy atom. The Morgan fingerprint density at radius 1 is 1.50 bits per heavy atom. The molecule has 0 aromatic carbocycles. The lowest BCUT2D eigenvalue weighted by molar-refractivity contribution is -0.141. The molecule has 1 amide bonds. The summed E-state index contributed by atoms with van der Waals surface area (Å²) >= 11 is 0. The zero-order chi connectivity index (χ0) is 10.6. The molecule has 1 aliphatic rings. The van der Waals surface area contributed by atoms with Crippen LogP contribution in [0.5, 0.6) is 0 Å². The molecule has 1 saturated heterocycles. The fourth-order valence-corrected chi connectivity index (χ4v) is 1.67. The molecule has 0 bridgehead atoms. The molecule has 0 aromatic heterocycles. The van der Waals surface area contributed by atoms with Gasteiger partial charge < -0.3 is 10.0 Å². The second-order valence-electron chi connectivity index (χ2n) is 3.77. The first kappa shape index (κ1) is 11.0. The van der Waals surface area contributed by atoms with Crippen LogP contribution in [-0.2, 0) is 9.59 Å². The molecule has 0 spiro atoms. The van der Waals surface area contributed by atoms with Crippen LogP contribution in [0.4, 0.5) is 0 Å². The number of rotatable bonds is 4. The van der Waals surface area contributed by atoms with E-state index in [2.05, 4.69) is 0 Å². The van der Waals surface area contributed by atoms with Crippen LogP contribution in [-0.4, -0.2) is 35.0 Å². The molecule has 1 N–H and O–H groups in total. The average Bonchev–Trinajstić information content (AvgIpc) is 2.62. The quantitative estimate of drug-likeness (QED) is 0.737. The molecule has 4 heteroatoms. The number of hydrogen-bond acceptors (Lipinski definition) is 2. The molecule has 1 fully saturated rings. The first-order valence-electron chi connectivity index (χ1n) is 5.15. The number of likely N-dealkylation sites (tertiary alicyclic amines) is 1. The van der Waals surface area contributed by atoms with Crippen molar-refractivity contribution in [3.63, 3.8) is 0 Å². The van der Waals surface area contributed by atoms with Gasteiger partial charge in [-0.3, -0.25) is 9.59 Å². The van der Waals surface area contributed by atoms with E-state index >= 15 is 0 Å². The van der Waals surface area contributed by atoms with E-state index in [1.807, 2.05) is 6.92 Å². The second-order valence-corrected chi connectivity index (χ2v) is 3.77. The molecule has 80 valence electrons. The smallest absolute Gasteiger partial charge is 0.308 e. The van der Waals surface area contributed by atoms with Gasteiger partial charge >= 0.3 is 5.97 Å². The van der Waals surface area contributed by atoms with Crippen LogP contribution in [0.25, 0.3) is 0 Å². The molecule has 0 aromatic rings. The van der Waals surface area contributed by atoms with Crippen molar-refractivity contribution in [1.82, 2.24) is 4.90 Å². The van der Waals surface area contributed by atoms with Gasteiger partial charge in [0, 0.05) is 19.5 Å². The molecule has 4 nitrogen and oxygen atoms in total. The van der Waals surface area contributed by atoms with Gasteiger partial charge in [0.1, 0.15) is 0 Å². The third-order valence-corrected chi connectivity index (χ3v) is 2.63. The Balaban J connectivity index is 2.34. The van der Waals surface area contributed by atoms with Crippen molar-refractivity contribution in [3.05, 3.63) is 0 Å². The lowest BCUT2D eigenvalue weighted by Gasteiger charge is -2.15. The van der Waals surface area contributed by atoms with Gasteiger partial charge in [0.05, 0.1) is 5.92 Å². The SMILES string of the molecule is CCCCC(=O)N1CC[C@H](C(=O)O)C1. The minimum Gasteiger partial charge on any atom is -0.481 e. The van der Waals surface area contributed by atoms with E-state index in [-0.39, 0.29) is 11.8 Å². The van der Waals surface area contributed by atoms with E-state index in [4.69, 9.17) is 5.11 Å². The molecule has 1 rings (SSSR count). The molecule has 0 saturated carbocycles. The molecular formula is C10H17NO3. The van der Waals surface area contributed by atoms with Crippen LogP contribution in [0.15, 0.2) is 0 Å². The monoisotopic (exact) mass is 199 g/mol. The van der Waals surface area contributed by atoms with Gasteiger partial charge in [-0.25, -0.2) is 0 Å². The number of aliphatic carboxylic acids is 1. The Hall–Kier alpha value is -1.06. The van der Waals surface area contributed by atoms with E-state index in [9.17, 15) is 9.59 Å². The van der Waals surface area contributed by atoms with Gasteiger partial charge in [0.2, 0.25) is 5.91 Å². The fraction of sp³-hybridized carbons (Fsp3) is 0.800. The number of amides is 1. The minimum absolute atomic E-state index is 0.107. The molecule has 0 unspecified atom stereocenters. The molecule has 1 atom stereocenters. The summed E-state index contributed by atoms with van der Waals surface area (Å²) in [6.07, 6.45) is 3.06. The lowest BCUT2D eigenvalue weighted by atomic mass is 10.1. The molecule has 1 aliphatic heterocycles. The highest BCUT2D eigenvalue weighted by atomic mass is 16.4. The van der Waals surface area contributed by atoms with Crippen molar-refractivity contribution in [1.29, 1.82) is 0 Å². The third-order valence-electron chi connectivity index (χ3n) is 2.63. The molecular weight excluding hydrogens is 182 g/mol. The van der Waals surface area contributed by atoms with Gasteiger partial charge in [-0.2, -0.15) is 0 Å². The summed E-state index contributed by atoms with van der Waals surface area (Å²) in [7, 11) is 0. The summed E-state index contributed by atoms with van der Waals surface area (Å²) in [5, 5.41) is 8.75. The number of carbonyl (C=O) groups is 2. The second kappa shape index (κ2) is 4.98. The average molecular weight is 199 g/mol. The predicted octanol–water partition coefficient (Wildman–Crippen LogP) is 1.11. The summed E-state index contributed by atoms with van der Waals surface area (Å²) in [4.78, 5) is 23.8. The summed E-state index contributed by atoms with van der Waals surface area (Å²) < 4.78 is 0. The van der Waals surface area contributed by atoms with E-state index < -0.39 is 5.97 Å². The molecule has 14 heavy (non-hydrogen) atoms. The Kier molecular flexibility index (Phi) is 3.92. The first-order chi connectivity index (χ1) is 6.65. The topological polar surface area (TPSA) is 57.6 Å².